The number of nitrogens with zero attached hydrogens (tertiary/aromatic N) is 3. The van der Waals surface area contributed by atoms with Crippen molar-refractivity contribution in [2.75, 3.05) is 78.0 Å². The predicted octanol–water partition coefficient (Wildman–Crippen LogP) is 2.46. The summed E-state index contributed by atoms with van der Waals surface area (Å²) in [5, 5.41) is 8.18. The lowest BCUT2D eigenvalue weighted by molar-refractivity contribution is 0.0937. The van der Waals surface area contributed by atoms with E-state index in [2.05, 4.69) is 20.5 Å². The van der Waals surface area contributed by atoms with Gasteiger partial charge in [0.05, 0.1) is 31.1 Å². The smallest absolute Gasteiger partial charge is 0.275 e. The van der Waals surface area contributed by atoms with Crippen molar-refractivity contribution in [3.63, 3.8) is 0 Å². The number of anilines is 2. The van der Waals surface area contributed by atoms with Gasteiger partial charge in [-0.15, -0.1) is 11.3 Å². The highest BCUT2D eigenvalue weighted by Crippen LogP contribution is 2.25. The highest BCUT2D eigenvalue weighted by Gasteiger charge is 2.25. The molecule has 2 heterocycles. The first-order valence-corrected chi connectivity index (χ1v) is 12.9. The Kier molecular flexibility index (Phi) is 11.1. The molecule has 36 heavy (non-hydrogen) atoms. The first-order chi connectivity index (χ1) is 17.5. The van der Waals surface area contributed by atoms with Gasteiger partial charge < -0.3 is 29.7 Å². The van der Waals surface area contributed by atoms with Crippen LogP contribution in [0.15, 0.2) is 23.6 Å². The highest BCUT2D eigenvalue weighted by molar-refractivity contribution is 7.13. The molecule has 0 bridgehead atoms. The van der Waals surface area contributed by atoms with E-state index in [0.717, 1.165) is 30.1 Å². The molecule has 198 valence electrons. The molecule has 11 heteroatoms. The summed E-state index contributed by atoms with van der Waals surface area (Å²) in [6.45, 7) is 4.40. The van der Waals surface area contributed by atoms with E-state index in [1.807, 2.05) is 24.1 Å². The quantitative estimate of drug-likeness (QED) is 0.367. The normalized spacial score (nSPS) is 15.7. The minimum absolute atomic E-state index is 0.266. The summed E-state index contributed by atoms with van der Waals surface area (Å²) in [5.41, 5.74) is 2.15. The molecule has 2 amide bonds. The summed E-state index contributed by atoms with van der Waals surface area (Å²) in [6, 6.07) is 5.96. The molecule has 0 spiro atoms. The van der Waals surface area contributed by atoms with Gasteiger partial charge in [0.15, 0.2) is 5.13 Å². The monoisotopic (exact) mass is 519 g/mol. The number of likely N-dealkylation sites (tertiary alicyclic amines) is 1. The average Bonchev–Trinajstić information content (AvgIpc) is 3.54. The molecule has 1 aliphatic heterocycles. The Morgan fingerprint density at radius 3 is 2.72 bits per heavy atom. The van der Waals surface area contributed by atoms with Crippen LogP contribution in [0, 0.1) is 0 Å². The van der Waals surface area contributed by atoms with Crippen LogP contribution in [-0.4, -0.2) is 95.6 Å². The number of carbonyl (C=O) groups excluding carboxylic acids is 2. The number of nitrogens with one attached hydrogen (secondary N) is 2. The van der Waals surface area contributed by atoms with Gasteiger partial charge in [-0.2, -0.15) is 0 Å². The zero-order chi connectivity index (χ0) is 25.9. The third-order valence-electron chi connectivity index (χ3n) is 6.09. The summed E-state index contributed by atoms with van der Waals surface area (Å²) in [5.74, 6) is -0.631. The number of thiazole rings is 1. The van der Waals surface area contributed by atoms with Gasteiger partial charge in [-0.3, -0.25) is 14.5 Å². The molecule has 1 atom stereocenters. The van der Waals surface area contributed by atoms with Crippen LogP contribution in [-0.2, 0) is 20.8 Å². The predicted molar refractivity (Wildman–Crippen MR) is 141 cm³/mol. The van der Waals surface area contributed by atoms with Crippen molar-refractivity contribution >= 4 is 34.0 Å². The minimum atomic E-state index is -0.365. The molecule has 0 aliphatic carbocycles. The standard InChI is InChI=1S/C25H37N5O5S/c1-29(11-13-34-3)25-28-22(17-36-25)24(32)27-21-8-7-18(14-20(21)23(31)26-9-12-33-2)15-30-10-5-6-19(30)16-35-4/h7-8,14,17,19H,5-6,9-13,15-16H2,1-4H3,(H,26,31)(H,27,32)/t19-/m1/s1. The fourth-order valence-corrected chi connectivity index (χ4v) is 4.92. The molecule has 1 fully saturated rings. The maximum atomic E-state index is 13.0. The van der Waals surface area contributed by atoms with Gasteiger partial charge in [-0.05, 0) is 37.1 Å². The fraction of sp³-hybridized carbons (Fsp3) is 0.560. The summed E-state index contributed by atoms with van der Waals surface area (Å²) >= 11 is 1.38. The Morgan fingerprint density at radius 2 is 1.97 bits per heavy atom. The maximum Gasteiger partial charge on any atom is 0.275 e. The number of carbonyl (C=O) groups is 2. The van der Waals surface area contributed by atoms with Gasteiger partial charge in [0.2, 0.25) is 0 Å². The molecule has 0 radical (unpaired) electrons. The zero-order valence-electron chi connectivity index (χ0n) is 21.5. The molecular formula is C25H37N5O5S. The number of amides is 2. The van der Waals surface area contributed by atoms with Gasteiger partial charge in [0, 0.05) is 59.4 Å². The van der Waals surface area contributed by atoms with Crippen molar-refractivity contribution in [1.29, 1.82) is 0 Å². The summed E-state index contributed by atoms with van der Waals surface area (Å²) in [4.78, 5) is 34.8. The van der Waals surface area contributed by atoms with E-state index in [4.69, 9.17) is 14.2 Å². The number of benzene rings is 1. The van der Waals surface area contributed by atoms with Crippen molar-refractivity contribution in [3.05, 3.63) is 40.4 Å². The summed E-state index contributed by atoms with van der Waals surface area (Å²) in [7, 11) is 6.85. The third kappa shape index (κ3) is 7.71. The molecule has 2 aromatic rings. The van der Waals surface area contributed by atoms with Crippen LogP contribution >= 0.6 is 11.3 Å². The van der Waals surface area contributed by atoms with E-state index in [9.17, 15) is 9.59 Å². The van der Waals surface area contributed by atoms with Crippen LogP contribution in [0.25, 0.3) is 0 Å². The lowest BCUT2D eigenvalue weighted by atomic mass is 10.1. The summed E-state index contributed by atoms with van der Waals surface area (Å²) < 4.78 is 15.5. The molecule has 1 aromatic carbocycles. The molecule has 0 unspecified atom stereocenters. The largest absolute Gasteiger partial charge is 0.383 e. The molecule has 1 aliphatic rings. The Morgan fingerprint density at radius 1 is 1.17 bits per heavy atom. The van der Waals surface area contributed by atoms with E-state index in [-0.39, 0.29) is 11.8 Å². The number of rotatable bonds is 14. The van der Waals surface area contributed by atoms with E-state index in [1.165, 1.54) is 11.3 Å². The van der Waals surface area contributed by atoms with Crippen LogP contribution in [0.3, 0.4) is 0 Å². The first-order valence-electron chi connectivity index (χ1n) is 12.1. The van der Waals surface area contributed by atoms with Crippen LogP contribution in [0.5, 0.6) is 0 Å². The third-order valence-corrected chi connectivity index (χ3v) is 7.05. The first kappa shape index (κ1) is 28.0. The molecule has 10 nitrogen and oxygen atoms in total. The van der Waals surface area contributed by atoms with Crippen molar-refractivity contribution in [1.82, 2.24) is 15.2 Å². The maximum absolute atomic E-state index is 13.0. The molecule has 2 N–H and O–H groups in total. The zero-order valence-corrected chi connectivity index (χ0v) is 22.4. The summed E-state index contributed by atoms with van der Waals surface area (Å²) in [6.07, 6.45) is 2.23. The van der Waals surface area contributed by atoms with Crippen LogP contribution in [0.1, 0.15) is 39.3 Å². The lowest BCUT2D eigenvalue weighted by Crippen LogP contribution is -2.32. The van der Waals surface area contributed by atoms with Gasteiger partial charge in [-0.25, -0.2) is 4.98 Å². The van der Waals surface area contributed by atoms with Gasteiger partial charge in [0.1, 0.15) is 5.69 Å². The molecular weight excluding hydrogens is 482 g/mol. The number of ether oxygens (including phenoxy) is 3. The Balaban J connectivity index is 1.77. The Bertz CT molecular complexity index is 1000. The fourth-order valence-electron chi connectivity index (χ4n) is 4.12. The number of methoxy groups -OCH3 is 3. The molecule has 0 saturated carbocycles. The van der Waals surface area contributed by atoms with E-state index in [1.54, 1.807) is 32.8 Å². The topological polar surface area (TPSA) is 105 Å². The molecule has 1 saturated heterocycles. The van der Waals surface area contributed by atoms with Gasteiger partial charge >= 0.3 is 0 Å². The number of aromatic nitrogens is 1. The highest BCUT2D eigenvalue weighted by atomic mass is 32.1. The van der Waals surface area contributed by atoms with Crippen LogP contribution in [0.4, 0.5) is 10.8 Å². The van der Waals surface area contributed by atoms with Crippen molar-refractivity contribution in [3.8, 4) is 0 Å². The van der Waals surface area contributed by atoms with E-state index >= 15 is 0 Å². The minimum Gasteiger partial charge on any atom is -0.383 e. The average molecular weight is 520 g/mol. The second-order valence-electron chi connectivity index (χ2n) is 8.73. The van der Waals surface area contributed by atoms with Crippen molar-refractivity contribution in [2.45, 2.75) is 25.4 Å². The lowest BCUT2D eigenvalue weighted by Gasteiger charge is -2.24. The van der Waals surface area contributed by atoms with E-state index < -0.39 is 0 Å². The SMILES string of the molecule is COCCNC(=O)c1cc(CN2CCC[C@@H]2COC)ccc1NC(=O)c1csc(N(C)CCOC)n1. The van der Waals surface area contributed by atoms with Crippen molar-refractivity contribution < 1.29 is 23.8 Å². The Labute approximate surface area is 216 Å². The number of hydrogen-bond acceptors (Lipinski definition) is 9. The van der Waals surface area contributed by atoms with Gasteiger partial charge in [-0.1, -0.05) is 6.07 Å². The van der Waals surface area contributed by atoms with Gasteiger partial charge in [0.25, 0.3) is 11.8 Å². The second-order valence-corrected chi connectivity index (χ2v) is 9.57. The Hall–Kier alpha value is -2.57. The number of likely N-dealkylation sites (N-methyl/N-ethyl adjacent to an activating group) is 1. The van der Waals surface area contributed by atoms with Crippen LogP contribution < -0.4 is 15.5 Å². The molecule has 3 rings (SSSR count). The molecule has 1 aromatic heterocycles. The second kappa shape index (κ2) is 14.2. The van der Waals surface area contributed by atoms with E-state index in [0.29, 0.717) is 62.4 Å². The number of hydrogen-bond donors (Lipinski definition) is 2. The van der Waals surface area contributed by atoms with Crippen molar-refractivity contribution in [2.24, 2.45) is 0 Å². The van der Waals surface area contributed by atoms with Crippen LogP contribution in [0.2, 0.25) is 0 Å².